The molecule has 15 heavy (non-hydrogen) atoms. The van der Waals surface area contributed by atoms with Gasteiger partial charge in [0.2, 0.25) is 0 Å². The number of nitro groups is 1. The SMILES string of the molecule is O=CCCCc1cc([N+](=O)[O-])ccc1O. The second-order valence-electron chi connectivity index (χ2n) is 3.13. The highest BCUT2D eigenvalue weighted by atomic mass is 16.6. The van der Waals surface area contributed by atoms with Crippen molar-refractivity contribution in [3.63, 3.8) is 0 Å². The van der Waals surface area contributed by atoms with Gasteiger partial charge in [-0.25, -0.2) is 0 Å². The molecule has 0 bridgehead atoms. The fourth-order valence-electron chi connectivity index (χ4n) is 1.26. The predicted octanol–water partition coefficient (Wildman–Crippen LogP) is 1.82. The number of hydrogen-bond donors (Lipinski definition) is 1. The van der Waals surface area contributed by atoms with Crippen molar-refractivity contribution in [1.29, 1.82) is 0 Å². The van der Waals surface area contributed by atoms with Crippen LogP contribution in [0.5, 0.6) is 5.75 Å². The number of phenols is 1. The molecule has 0 amide bonds. The smallest absolute Gasteiger partial charge is 0.269 e. The van der Waals surface area contributed by atoms with Gasteiger partial charge in [0.15, 0.2) is 0 Å². The molecule has 0 radical (unpaired) electrons. The first-order valence-corrected chi connectivity index (χ1v) is 4.55. The number of rotatable bonds is 5. The van der Waals surface area contributed by atoms with Gasteiger partial charge in [-0.15, -0.1) is 0 Å². The number of non-ortho nitro benzene ring substituents is 1. The molecule has 0 atom stereocenters. The Balaban J connectivity index is 2.80. The van der Waals surface area contributed by atoms with Crippen molar-refractivity contribution in [3.8, 4) is 5.75 Å². The van der Waals surface area contributed by atoms with E-state index in [1.165, 1.54) is 18.2 Å². The maximum atomic E-state index is 10.5. The van der Waals surface area contributed by atoms with E-state index < -0.39 is 4.92 Å². The Kier molecular flexibility index (Phi) is 3.79. The number of nitrogens with zero attached hydrogens (tertiary/aromatic N) is 1. The summed E-state index contributed by atoms with van der Waals surface area (Å²) in [5.41, 5.74) is 0.458. The number of carbonyl (C=O) groups excluding carboxylic acids is 1. The molecule has 5 nitrogen and oxygen atoms in total. The average Bonchev–Trinajstić information content (AvgIpc) is 2.20. The maximum Gasteiger partial charge on any atom is 0.269 e. The number of hydrogen-bond acceptors (Lipinski definition) is 4. The Hall–Kier alpha value is -1.91. The molecule has 1 N–H and O–H groups in total. The van der Waals surface area contributed by atoms with E-state index in [1.807, 2.05) is 0 Å². The van der Waals surface area contributed by atoms with Crippen LogP contribution >= 0.6 is 0 Å². The van der Waals surface area contributed by atoms with Crippen molar-refractivity contribution in [3.05, 3.63) is 33.9 Å². The molecular weight excluding hydrogens is 198 g/mol. The molecule has 0 unspecified atom stereocenters. The average molecular weight is 209 g/mol. The second-order valence-corrected chi connectivity index (χ2v) is 3.13. The van der Waals surface area contributed by atoms with Crippen LogP contribution in [0.3, 0.4) is 0 Å². The van der Waals surface area contributed by atoms with E-state index in [4.69, 9.17) is 0 Å². The molecule has 0 aromatic heterocycles. The maximum absolute atomic E-state index is 10.5. The van der Waals surface area contributed by atoms with Crippen LogP contribution in [-0.2, 0) is 11.2 Å². The third kappa shape index (κ3) is 3.05. The number of unbranched alkanes of at least 4 members (excludes halogenated alkanes) is 1. The normalized spacial score (nSPS) is 9.87. The lowest BCUT2D eigenvalue weighted by atomic mass is 10.1. The van der Waals surface area contributed by atoms with E-state index in [0.717, 1.165) is 6.29 Å². The summed E-state index contributed by atoms with van der Waals surface area (Å²) in [6.07, 6.45) is 2.22. The third-order valence-corrected chi connectivity index (χ3v) is 2.04. The minimum atomic E-state index is -0.511. The first-order valence-electron chi connectivity index (χ1n) is 4.55. The minimum Gasteiger partial charge on any atom is -0.508 e. The standard InChI is InChI=1S/C10H11NO4/c12-6-2-1-3-8-7-9(11(14)15)4-5-10(8)13/h4-7,13H,1-3H2. The monoisotopic (exact) mass is 209 g/mol. The third-order valence-electron chi connectivity index (χ3n) is 2.04. The van der Waals surface area contributed by atoms with Crippen molar-refractivity contribution in [2.75, 3.05) is 0 Å². The van der Waals surface area contributed by atoms with Gasteiger partial charge in [-0.1, -0.05) is 0 Å². The van der Waals surface area contributed by atoms with Gasteiger partial charge >= 0.3 is 0 Å². The summed E-state index contributed by atoms with van der Waals surface area (Å²) < 4.78 is 0. The van der Waals surface area contributed by atoms with Gasteiger partial charge in [0.1, 0.15) is 12.0 Å². The molecule has 0 saturated carbocycles. The number of aryl methyl sites for hydroxylation is 1. The second kappa shape index (κ2) is 5.09. The van der Waals surface area contributed by atoms with E-state index >= 15 is 0 Å². The highest BCUT2D eigenvalue weighted by Gasteiger charge is 2.09. The van der Waals surface area contributed by atoms with Crippen LogP contribution < -0.4 is 0 Å². The molecule has 0 saturated heterocycles. The van der Waals surface area contributed by atoms with Gasteiger partial charge in [-0.3, -0.25) is 10.1 Å². The lowest BCUT2D eigenvalue weighted by Crippen LogP contribution is -1.92. The van der Waals surface area contributed by atoms with Crippen LogP contribution in [0.2, 0.25) is 0 Å². The minimum absolute atomic E-state index is 0.0338. The Morgan fingerprint density at radius 1 is 1.47 bits per heavy atom. The number of nitro benzene ring substituents is 1. The molecule has 1 aromatic carbocycles. The van der Waals surface area contributed by atoms with Crippen molar-refractivity contribution < 1.29 is 14.8 Å². The Labute approximate surface area is 86.5 Å². The van der Waals surface area contributed by atoms with Crippen LogP contribution in [0, 0.1) is 10.1 Å². The van der Waals surface area contributed by atoms with Gasteiger partial charge in [0, 0.05) is 24.1 Å². The lowest BCUT2D eigenvalue weighted by molar-refractivity contribution is -0.384. The number of aromatic hydroxyl groups is 1. The van der Waals surface area contributed by atoms with Crippen LogP contribution in [0.4, 0.5) is 5.69 Å². The Morgan fingerprint density at radius 2 is 2.20 bits per heavy atom. The summed E-state index contributed by atoms with van der Waals surface area (Å²) in [6, 6.07) is 3.88. The highest BCUT2D eigenvalue weighted by molar-refractivity contribution is 5.49. The topological polar surface area (TPSA) is 80.4 Å². The first kappa shape index (κ1) is 11.2. The first-order chi connectivity index (χ1) is 7.15. The molecule has 80 valence electrons. The van der Waals surface area contributed by atoms with Crippen LogP contribution in [0.15, 0.2) is 18.2 Å². The van der Waals surface area contributed by atoms with E-state index in [0.29, 0.717) is 24.8 Å². The van der Waals surface area contributed by atoms with Crippen LogP contribution in [0.1, 0.15) is 18.4 Å². The molecule has 0 heterocycles. The van der Waals surface area contributed by atoms with Crippen LogP contribution in [0.25, 0.3) is 0 Å². The number of phenolic OH excluding ortho intramolecular Hbond substituents is 1. The van der Waals surface area contributed by atoms with Gasteiger partial charge in [0.05, 0.1) is 4.92 Å². The molecule has 0 aliphatic carbocycles. The number of carbonyl (C=O) groups is 1. The Morgan fingerprint density at radius 3 is 2.80 bits per heavy atom. The van der Waals surface area contributed by atoms with Crippen molar-refractivity contribution in [2.24, 2.45) is 0 Å². The van der Waals surface area contributed by atoms with Gasteiger partial charge in [0.25, 0.3) is 5.69 Å². The van der Waals surface area contributed by atoms with Gasteiger partial charge in [-0.2, -0.15) is 0 Å². The van der Waals surface area contributed by atoms with E-state index in [9.17, 15) is 20.0 Å². The number of aldehydes is 1. The molecule has 0 spiro atoms. The van der Waals surface area contributed by atoms with E-state index in [2.05, 4.69) is 0 Å². The molecular formula is C10H11NO4. The lowest BCUT2D eigenvalue weighted by Gasteiger charge is -2.02. The van der Waals surface area contributed by atoms with Crippen LogP contribution in [-0.4, -0.2) is 16.3 Å². The predicted molar refractivity (Wildman–Crippen MR) is 53.8 cm³/mol. The molecule has 0 aliphatic rings. The van der Waals surface area contributed by atoms with E-state index in [-0.39, 0.29) is 11.4 Å². The summed E-state index contributed by atoms with van der Waals surface area (Å²) in [7, 11) is 0. The summed E-state index contributed by atoms with van der Waals surface area (Å²) >= 11 is 0. The summed E-state index contributed by atoms with van der Waals surface area (Å²) in [4.78, 5) is 20.0. The highest BCUT2D eigenvalue weighted by Crippen LogP contribution is 2.24. The largest absolute Gasteiger partial charge is 0.508 e. The fraction of sp³-hybridized carbons (Fsp3) is 0.300. The summed E-state index contributed by atoms with van der Waals surface area (Å²) in [5.74, 6) is 0.0338. The molecule has 1 rings (SSSR count). The number of benzene rings is 1. The molecule has 5 heteroatoms. The van der Waals surface area contributed by atoms with Gasteiger partial charge in [-0.05, 0) is 18.9 Å². The molecule has 0 aliphatic heterocycles. The quantitative estimate of drug-likeness (QED) is 0.347. The zero-order chi connectivity index (χ0) is 11.3. The fourth-order valence-corrected chi connectivity index (χ4v) is 1.26. The Bertz CT molecular complexity index is 376. The van der Waals surface area contributed by atoms with Crippen molar-refractivity contribution in [2.45, 2.75) is 19.3 Å². The summed E-state index contributed by atoms with van der Waals surface area (Å²) in [6.45, 7) is 0. The van der Waals surface area contributed by atoms with Crippen molar-refractivity contribution in [1.82, 2.24) is 0 Å². The molecule has 1 aromatic rings. The zero-order valence-corrected chi connectivity index (χ0v) is 8.05. The molecule has 0 fully saturated rings. The van der Waals surface area contributed by atoms with Crippen molar-refractivity contribution >= 4 is 12.0 Å². The van der Waals surface area contributed by atoms with Gasteiger partial charge < -0.3 is 9.90 Å². The summed E-state index contributed by atoms with van der Waals surface area (Å²) in [5, 5.41) is 19.9. The van der Waals surface area contributed by atoms with E-state index in [1.54, 1.807) is 0 Å². The zero-order valence-electron chi connectivity index (χ0n) is 8.05.